The summed E-state index contributed by atoms with van der Waals surface area (Å²) in [5.41, 5.74) is 0.699. The van der Waals surface area contributed by atoms with Crippen molar-refractivity contribution in [3.8, 4) is 5.75 Å². The highest BCUT2D eigenvalue weighted by Crippen LogP contribution is 2.17. The molecule has 0 spiro atoms. The van der Waals surface area contributed by atoms with Crippen molar-refractivity contribution in [1.29, 1.82) is 0 Å². The molecule has 1 aromatic rings. The number of benzene rings is 1. The first kappa shape index (κ1) is 19.8. The van der Waals surface area contributed by atoms with E-state index in [0.29, 0.717) is 23.3 Å². The molecule has 1 saturated heterocycles. The van der Waals surface area contributed by atoms with E-state index in [1.807, 2.05) is 0 Å². The van der Waals surface area contributed by atoms with Crippen LogP contribution in [0.3, 0.4) is 0 Å². The molecule has 1 aromatic carbocycles. The lowest BCUT2D eigenvalue weighted by Gasteiger charge is -2.34. The van der Waals surface area contributed by atoms with Crippen LogP contribution < -0.4 is 15.4 Å². The van der Waals surface area contributed by atoms with Crippen molar-refractivity contribution in [3.05, 3.63) is 24.3 Å². The Morgan fingerprint density at radius 2 is 2.08 bits per heavy atom. The number of alkyl halides is 2. The Labute approximate surface area is 152 Å². The fraction of sp³-hybridized carbons (Fsp3) is 0.588. The number of nitrogens with zero attached hydrogens (tertiary/aromatic N) is 1. The van der Waals surface area contributed by atoms with Gasteiger partial charge in [0.1, 0.15) is 5.75 Å². The molecule has 1 atom stereocenters. The van der Waals surface area contributed by atoms with Crippen molar-refractivity contribution in [2.24, 2.45) is 5.92 Å². The number of rotatable bonds is 7. The molecule has 0 amide bonds. The van der Waals surface area contributed by atoms with E-state index in [9.17, 15) is 8.78 Å². The first-order chi connectivity index (χ1) is 11.9. The van der Waals surface area contributed by atoms with Crippen LogP contribution in [0.5, 0.6) is 5.75 Å². The van der Waals surface area contributed by atoms with Crippen LogP contribution in [-0.4, -0.2) is 55.5 Å². The Hall–Kier alpha value is -1.51. The van der Waals surface area contributed by atoms with Crippen molar-refractivity contribution in [2.45, 2.75) is 26.6 Å². The lowest BCUT2D eigenvalue weighted by Crippen LogP contribution is -2.48. The van der Waals surface area contributed by atoms with E-state index in [0.717, 1.165) is 26.2 Å². The Kier molecular flexibility index (Phi) is 7.80. The van der Waals surface area contributed by atoms with Gasteiger partial charge >= 0.3 is 6.61 Å². The SMILES string of the molecule is CC(C)CN1CCO[C@H](CNC(=S)Nc2ccc(OC(F)F)cc2)C1. The van der Waals surface area contributed by atoms with E-state index in [2.05, 4.69) is 34.1 Å². The molecular weight excluding hydrogens is 348 g/mol. The Bertz CT molecular complexity index is 543. The van der Waals surface area contributed by atoms with Gasteiger partial charge in [0.25, 0.3) is 0 Å². The molecule has 0 aromatic heterocycles. The summed E-state index contributed by atoms with van der Waals surface area (Å²) >= 11 is 5.26. The van der Waals surface area contributed by atoms with Crippen molar-refractivity contribution < 1.29 is 18.3 Å². The number of thiocarbonyl (C=S) groups is 1. The third-order valence-corrected chi connectivity index (χ3v) is 3.92. The second-order valence-corrected chi connectivity index (χ2v) is 6.79. The molecule has 1 aliphatic heterocycles. The van der Waals surface area contributed by atoms with Crippen molar-refractivity contribution in [3.63, 3.8) is 0 Å². The minimum absolute atomic E-state index is 0.0917. The Balaban J connectivity index is 1.73. The predicted octanol–water partition coefficient (Wildman–Crippen LogP) is 2.93. The van der Waals surface area contributed by atoms with Gasteiger partial charge in [0.05, 0.1) is 12.7 Å². The number of morpholine rings is 1. The van der Waals surface area contributed by atoms with Gasteiger partial charge in [-0.25, -0.2) is 0 Å². The van der Waals surface area contributed by atoms with Crippen LogP contribution in [0.4, 0.5) is 14.5 Å². The summed E-state index contributed by atoms with van der Waals surface area (Å²) in [5.74, 6) is 0.742. The molecule has 25 heavy (non-hydrogen) atoms. The number of anilines is 1. The summed E-state index contributed by atoms with van der Waals surface area (Å²) in [4.78, 5) is 2.40. The smallest absolute Gasteiger partial charge is 0.387 e. The summed E-state index contributed by atoms with van der Waals surface area (Å²) in [6.45, 7) is 5.84. The van der Waals surface area contributed by atoms with E-state index >= 15 is 0 Å². The van der Waals surface area contributed by atoms with Crippen molar-refractivity contribution in [1.82, 2.24) is 10.2 Å². The molecule has 2 N–H and O–H groups in total. The fourth-order valence-electron chi connectivity index (χ4n) is 2.69. The zero-order valence-electron chi connectivity index (χ0n) is 14.5. The third-order valence-electron chi connectivity index (χ3n) is 3.67. The van der Waals surface area contributed by atoms with Gasteiger partial charge in [-0.1, -0.05) is 13.8 Å². The summed E-state index contributed by atoms with van der Waals surface area (Å²) < 4.78 is 34.3. The van der Waals surface area contributed by atoms with Crippen LogP contribution in [-0.2, 0) is 4.74 Å². The summed E-state index contributed by atoms with van der Waals surface area (Å²) in [6.07, 6.45) is 0.0917. The zero-order chi connectivity index (χ0) is 18.2. The molecule has 0 bridgehead atoms. The van der Waals surface area contributed by atoms with Crippen LogP contribution in [0.1, 0.15) is 13.8 Å². The van der Waals surface area contributed by atoms with Gasteiger partial charge in [0, 0.05) is 31.9 Å². The van der Waals surface area contributed by atoms with Crippen LogP contribution in [0, 0.1) is 5.92 Å². The summed E-state index contributed by atoms with van der Waals surface area (Å²) in [7, 11) is 0. The third kappa shape index (κ3) is 7.50. The van der Waals surface area contributed by atoms with Crippen LogP contribution in [0.25, 0.3) is 0 Å². The normalized spacial score (nSPS) is 18.4. The summed E-state index contributed by atoms with van der Waals surface area (Å²) in [5, 5.41) is 6.62. The number of hydrogen-bond donors (Lipinski definition) is 2. The maximum atomic E-state index is 12.1. The standard InChI is InChI=1S/C17H25F2N3O2S/c1-12(2)10-22-7-8-23-15(11-22)9-20-17(25)21-13-3-5-14(6-4-13)24-16(18)19/h3-6,12,15-16H,7-11H2,1-2H3,(H2,20,21,25)/t15-/m1/s1. The lowest BCUT2D eigenvalue weighted by atomic mass is 10.2. The molecule has 2 rings (SSSR count). The maximum absolute atomic E-state index is 12.1. The van der Waals surface area contributed by atoms with Gasteiger partial charge in [-0.3, -0.25) is 4.90 Å². The molecule has 8 heteroatoms. The van der Waals surface area contributed by atoms with Crippen molar-refractivity contribution >= 4 is 23.0 Å². The molecular formula is C17H25F2N3O2S. The molecule has 0 unspecified atom stereocenters. The molecule has 0 aliphatic carbocycles. The second kappa shape index (κ2) is 9.84. The van der Waals surface area contributed by atoms with Gasteiger partial charge in [0.15, 0.2) is 5.11 Å². The topological polar surface area (TPSA) is 45.8 Å². The first-order valence-corrected chi connectivity index (χ1v) is 8.77. The highest BCUT2D eigenvalue weighted by molar-refractivity contribution is 7.80. The second-order valence-electron chi connectivity index (χ2n) is 6.38. The fourth-order valence-corrected chi connectivity index (χ4v) is 2.89. The highest BCUT2D eigenvalue weighted by Gasteiger charge is 2.20. The van der Waals surface area contributed by atoms with E-state index in [1.165, 1.54) is 12.1 Å². The van der Waals surface area contributed by atoms with Gasteiger partial charge in [0.2, 0.25) is 0 Å². The average molecular weight is 373 g/mol. The Morgan fingerprint density at radius 3 is 2.72 bits per heavy atom. The molecule has 5 nitrogen and oxygen atoms in total. The highest BCUT2D eigenvalue weighted by atomic mass is 32.1. The van der Waals surface area contributed by atoms with E-state index in [1.54, 1.807) is 12.1 Å². The molecule has 0 radical (unpaired) electrons. The molecule has 1 heterocycles. The number of halogens is 2. The molecule has 140 valence electrons. The van der Waals surface area contributed by atoms with E-state index in [4.69, 9.17) is 17.0 Å². The maximum Gasteiger partial charge on any atom is 0.387 e. The number of hydrogen-bond acceptors (Lipinski definition) is 4. The number of ether oxygens (including phenoxy) is 2. The van der Waals surface area contributed by atoms with Crippen LogP contribution >= 0.6 is 12.2 Å². The first-order valence-electron chi connectivity index (χ1n) is 8.36. The molecule has 1 fully saturated rings. The van der Waals surface area contributed by atoms with Crippen LogP contribution in [0.2, 0.25) is 0 Å². The van der Waals surface area contributed by atoms with Gasteiger partial charge in [-0.2, -0.15) is 8.78 Å². The Morgan fingerprint density at radius 1 is 1.36 bits per heavy atom. The summed E-state index contributed by atoms with van der Waals surface area (Å²) in [6, 6.07) is 6.19. The predicted molar refractivity (Wildman–Crippen MR) is 98.3 cm³/mol. The van der Waals surface area contributed by atoms with E-state index < -0.39 is 6.61 Å². The average Bonchev–Trinajstić information content (AvgIpc) is 2.54. The minimum atomic E-state index is -2.83. The lowest BCUT2D eigenvalue weighted by molar-refractivity contribution is -0.0498. The van der Waals surface area contributed by atoms with Crippen LogP contribution in [0.15, 0.2) is 24.3 Å². The van der Waals surface area contributed by atoms with Gasteiger partial charge in [-0.05, 0) is 42.4 Å². The molecule has 1 aliphatic rings. The zero-order valence-corrected chi connectivity index (χ0v) is 15.3. The number of nitrogens with one attached hydrogen (secondary N) is 2. The van der Waals surface area contributed by atoms with Gasteiger partial charge in [-0.15, -0.1) is 0 Å². The van der Waals surface area contributed by atoms with Crippen molar-refractivity contribution in [2.75, 3.05) is 38.1 Å². The molecule has 0 saturated carbocycles. The monoisotopic (exact) mass is 373 g/mol. The quantitative estimate of drug-likeness (QED) is 0.717. The largest absolute Gasteiger partial charge is 0.435 e. The van der Waals surface area contributed by atoms with E-state index in [-0.39, 0.29) is 11.9 Å². The minimum Gasteiger partial charge on any atom is -0.435 e. The van der Waals surface area contributed by atoms with Gasteiger partial charge < -0.3 is 20.1 Å².